The lowest BCUT2D eigenvalue weighted by atomic mass is 10.1. The molecule has 0 saturated carbocycles. The number of carbonyl (C=O) groups excluding carboxylic acids is 2. The van der Waals surface area contributed by atoms with Crippen molar-refractivity contribution in [1.29, 1.82) is 5.26 Å². The predicted octanol–water partition coefficient (Wildman–Crippen LogP) is 4.63. The zero-order valence-electron chi connectivity index (χ0n) is 20.0. The topological polar surface area (TPSA) is 104 Å². The van der Waals surface area contributed by atoms with Crippen LogP contribution in [0.25, 0.3) is 16.7 Å². The zero-order valence-corrected chi connectivity index (χ0v) is 20.0. The molecule has 2 amide bonds. The van der Waals surface area contributed by atoms with Crippen LogP contribution in [0.1, 0.15) is 37.3 Å². The van der Waals surface area contributed by atoms with E-state index in [9.17, 15) is 14.9 Å². The lowest BCUT2D eigenvalue weighted by molar-refractivity contribution is -0.122. The first-order chi connectivity index (χ1) is 17.6. The number of pyridine rings is 1. The maximum absolute atomic E-state index is 13.2. The van der Waals surface area contributed by atoms with Gasteiger partial charge in [-0.25, -0.2) is 4.98 Å². The molecule has 1 atom stereocenters. The van der Waals surface area contributed by atoms with Gasteiger partial charge in [0.1, 0.15) is 11.6 Å². The Kier molecular flexibility index (Phi) is 6.46. The third kappa shape index (κ3) is 4.56. The summed E-state index contributed by atoms with van der Waals surface area (Å²) in [5, 5.41) is 17.7. The van der Waals surface area contributed by atoms with Gasteiger partial charge < -0.3 is 10.2 Å². The first-order valence-electron chi connectivity index (χ1n) is 12.1. The molecule has 0 radical (unpaired) electrons. The second kappa shape index (κ2) is 10.0. The van der Waals surface area contributed by atoms with Gasteiger partial charge >= 0.3 is 0 Å². The van der Waals surface area contributed by atoms with Crippen LogP contribution in [-0.4, -0.2) is 33.1 Å². The lowest BCUT2D eigenvalue weighted by Gasteiger charge is -2.17. The molecule has 5 rings (SSSR count). The molecule has 2 aromatic carbocycles. The van der Waals surface area contributed by atoms with E-state index >= 15 is 0 Å². The fourth-order valence-corrected chi connectivity index (χ4v) is 4.47. The van der Waals surface area contributed by atoms with Gasteiger partial charge in [-0.2, -0.15) is 15.0 Å². The number of nitrogens with one attached hydrogen (secondary N) is 1. The Balaban J connectivity index is 1.34. The summed E-state index contributed by atoms with van der Waals surface area (Å²) in [5.41, 5.74) is 3.03. The number of fused-ring (bicyclic) bond motifs is 1. The van der Waals surface area contributed by atoms with E-state index in [0.717, 1.165) is 35.9 Å². The maximum Gasteiger partial charge on any atom is 0.231 e. The minimum atomic E-state index is -0.545. The molecule has 1 aliphatic heterocycles. The molecule has 1 unspecified atom stereocenters. The Morgan fingerprint density at radius 2 is 1.94 bits per heavy atom. The largest absolute Gasteiger partial charge is 0.312 e. The summed E-state index contributed by atoms with van der Waals surface area (Å²) in [5.74, 6) is -0.239. The number of nitriles is 1. The number of hydrogen-bond donors (Lipinski definition) is 1. The number of hydrogen-bond acceptors (Lipinski definition) is 5. The molecule has 8 heteroatoms. The van der Waals surface area contributed by atoms with Crippen molar-refractivity contribution >= 4 is 34.2 Å². The van der Waals surface area contributed by atoms with Crippen molar-refractivity contribution in [2.75, 3.05) is 16.8 Å². The van der Waals surface area contributed by atoms with Gasteiger partial charge in [0.15, 0.2) is 11.6 Å². The molecule has 1 saturated heterocycles. The van der Waals surface area contributed by atoms with E-state index in [1.807, 2.05) is 54.6 Å². The standard InChI is InChI=1S/C28H26N6O2/c1-2-3-6-19-9-12-23(13-10-19)33-18-21(15-26(33)35)28(36)32-27-22(16-29)17-30-34(27)25-14-11-20-7-4-5-8-24(20)31-25/h4-5,7-14,17,21H,2-3,6,15,18H2,1H3,(H,32,36). The summed E-state index contributed by atoms with van der Waals surface area (Å²) in [6, 6.07) is 21.4. The normalized spacial score (nSPS) is 15.3. The highest BCUT2D eigenvalue weighted by Gasteiger charge is 2.36. The monoisotopic (exact) mass is 478 g/mol. The lowest BCUT2D eigenvalue weighted by Crippen LogP contribution is -2.29. The minimum Gasteiger partial charge on any atom is -0.312 e. The molecular weight excluding hydrogens is 452 g/mol. The predicted molar refractivity (Wildman–Crippen MR) is 138 cm³/mol. The van der Waals surface area contributed by atoms with Gasteiger partial charge in [-0.1, -0.05) is 43.7 Å². The van der Waals surface area contributed by atoms with Crippen LogP contribution in [0.2, 0.25) is 0 Å². The first-order valence-corrected chi connectivity index (χ1v) is 12.1. The Morgan fingerprint density at radius 1 is 1.14 bits per heavy atom. The molecule has 0 spiro atoms. The summed E-state index contributed by atoms with van der Waals surface area (Å²) in [4.78, 5) is 32.2. The number of nitrogens with zero attached hydrogens (tertiary/aromatic N) is 5. The fourth-order valence-electron chi connectivity index (χ4n) is 4.47. The van der Waals surface area contributed by atoms with Gasteiger partial charge in [0.2, 0.25) is 11.8 Å². The van der Waals surface area contributed by atoms with Crippen molar-refractivity contribution < 1.29 is 9.59 Å². The molecule has 4 aromatic rings. The van der Waals surface area contributed by atoms with E-state index in [1.165, 1.54) is 16.4 Å². The zero-order chi connectivity index (χ0) is 25.1. The molecule has 0 bridgehead atoms. The van der Waals surface area contributed by atoms with E-state index in [4.69, 9.17) is 0 Å². The van der Waals surface area contributed by atoms with Crippen molar-refractivity contribution in [3.8, 4) is 11.9 Å². The minimum absolute atomic E-state index is 0.0957. The van der Waals surface area contributed by atoms with Crippen LogP contribution in [0.15, 0.2) is 66.9 Å². The number of unbranched alkanes of at least 4 members (excludes halogenated alkanes) is 1. The van der Waals surface area contributed by atoms with Crippen molar-refractivity contribution in [2.45, 2.75) is 32.6 Å². The number of amides is 2. The average molecular weight is 479 g/mol. The Morgan fingerprint density at radius 3 is 2.72 bits per heavy atom. The van der Waals surface area contributed by atoms with E-state index in [0.29, 0.717) is 5.82 Å². The highest BCUT2D eigenvalue weighted by molar-refractivity contribution is 6.03. The van der Waals surface area contributed by atoms with Crippen molar-refractivity contribution in [1.82, 2.24) is 14.8 Å². The van der Waals surface area contributed by atoms with Crippen LogP contribution >= 0.6 is 0 Å². The molecule has 2 aromatic heterocycles. The van der Waals surface area contributed by atoms with Gasteiger partial charge in [-0.3, -0.25) is 9.59 Å². The van der Waals surface area contributed by atoms with Gasteiger partial charge in [0.05, 0.1) is 17.6 Å². The van der Waals surface area contributed by atoms with Crippen LogP contribution in [0, 0.1) is 17.2 Å². The highest BCUT2D eigenvalue weighted by atomic mass is 16.2. The van der Waals surface area contributed by atoms with E-state index in [-0.39, 0.29) is 36.2 Å². The summed E-state index contributed by atoms with van der Waals surface area (Å²) in [6.07, 6.45) is 4.77. The van der Waals surface area contributed by atoms with Gasteiger partial charge in [0.25, 0.3) is 0 Å². The van der Waals surface area contributed by atoms with Crippen molar-refractivity contribution in [3.05, 3.63) is 78.0 Å². The van der Waals surface area contributed by atoms with Gasteiger partial charge in [-0.05, 0) is 48.7 Å². The van der Waals surface area contributed by atoms with E-state index in [2.05, 4.69) is 28.4 Å². The maximum atomic E-state index is 13.2. The summed E-state index contributed by atoms with van der Waals surface area (Å²) in [7, 11) is 0. The van der Waals surface area contributed by atoms with Crippen LogP contribution in [0.3, 0.4) is 0 Å². The molecule has 1 fully saturated rings. The molecule has 36 heavy (non-hydrogen) atoms. The molecule has 8 nitrogen and oxygen atoms in total. The average Bonchev–Trinajstić information content (AvgIpc) is 3.50. The second-order valence-electron chi connectivity index (χ2n) is 8.96. The molecule has 3 heterocycles. The molecule has 0 aliphatic carbocycles. The second-order valence-corrected chi connectivity index (χ2v) is 8.96. The number of benzene rings is 2. The Bertz CT molecular complexity index is 1470. The summed E-state index contributed by atoms with van der Waals surface area (Å²) < 4.78 is 1.45. The van der Waals surface area contributed by atoms with Crippen LogP contribution < -0.4 is 10.2 Å². The highest BCUT2D eigenvalue weighted by Crippen LogP contribution is 2.28. The molecule has 180 valence electrons. The van der Waals surface area contributed by atoms with E-state index < -0.39 is 5.92 Å². The van der Waals surface area contributed by atoms with Crippen LogP contribution in [0.5, 0.6) is 0 Å². The SMILES string of the molecule is CCCCc1ccc(N2CC(C(=O)Nc3c(C#N)cnn3-c3ccc4ccccc4n3)CC2=O)cc1. The number of carbonyl (C=O) groups is 2. The fraction of sp³-hybridized carbons (Fsp3) is 0.250. The molecular formula is C28H26N6O2. The summed E-state index contributed by atoms with van der Waals surface area (Å²) in [6.45, 7) is 2.44. The third-order valence-electron chi connectivity index (χ3n) is 6.49. The van der Waals surface area contributed by atoms with Crippen LogP contribution in [-0.2, 0) is 16.0 Å². The first kappa shape index (κ1) is 23.2. The van der Waals surface area contributed by atoms with Gasteiger partial charge in [0, 0.05) is 24.0 Å². The number of para-hydroxylation sites is 1. The molecule has 1 N–H and O–H groups in total. The number of anilines is 2. The smallest absolute Gasteiger partial charge is 0.231 e. The molecule has 1 aliphatic rings. The quantitative estimate of drug-likeness (QED) is 0.417. The Hall–Kier alpha value is -4.51. The van der Waals surface area contributed by atoms with Crippen molar-refractivity contribution in [3.63, 3.8) is 0 Å². The Labute approximate surface area is 209 Å². The number of aryl methyl sites for hydroxylation is 1. The summed E-state index contributed by atoms with van der Waals surface area (Å²) >= 11 is 0. The van der Waals surface area contributed by atoms with Crippen molar-refractivity contribution in [2.24, 2.45) is 5.92 Å². The number of rotatable bonds is 7. The van der Waals surface area contributed by atoms with Gasteiger partial charge in [-0.15, -0.1) is 0 Å². The van der Waals surface area contributed by atoms with E-state index in [1.54, 1.807) is 11.0 Å². The van der Waals surface area contributed by atoms with Crippen LogP contribution in [0.4, 0.5) is 11.5 Å². The third-order valence-corrected chi connectivity index (χ3v) is 6.49. The number of aromatic nitrogens is 3.